The van der Waals surface area contributed by atoms with Crippen molar-refractivity contribution in [3.8, 4) is 0 Å². The zero-order valence-corrected chi connectivity index (χ0v) is 6.75. The fourth-order valence-electron chi connectivity index (χ4n) is 0.400. The molecule has 0 aromatic rings. The fraction of sp³-hybridized carbons (Fsp3) is 0.833. The minimum atomic E-state index is -0.424. The van der Waals surface area contributed by atoms with Crippen LogP contribution in [0.5, 0.6) is 0 Å². The number of alkyl halides is 1. The van der Waals surface area contributed by atoms with E-state index in [1.165, 1.54) is 11.8 Å². The highest BCUT2D eigenvalue weighted by Gasteiger charge is 1.98. The van der Waals surface area contributed by atoms with Gasteiger partial charge in [-0.25, -0.2) is 0 Å². The van der Waals surface area contributed by atoms with E-state index in [1.54, 1.807) is 0 Å². The van der Waals surface area contributed by atoms with Crippen LogP contribution >= 0.6 is 11.8 Å². The van der Waals surface area contributed by atoms with Crippen LogP contribution in [0, 0.1) is 0 Å². The molecule has 0 unspecified atom stereocenters. The molecule has 0 saturated heterocycles. The van der Waals surface area contributed by atoms with Crippen LogP contribution in [0.15, 0.2) is 0 Å². The van der Waals surface area contributed by atoms with Crippen LogP contribution in [0.25, 0.3) is 0 Å². The Morgan fingerprint density at radius 3 is 2.90 bits per heavy atom. The summed E-state index contributed by atoms with van der Waals surface area (Å²) in [5.74, 6) is 0.0904. The third kappa shape index (κ3) is 5.88. The van der Waals surface area contributed by atoms with Gasteiger partial charge in [-0.05, 0) is 6.26 Å². The Hall–Kier alpha value is -0.250. The second-order valence-corrected chi connectivity index (χ2v) is 2.56. The van der Waals surface area contributed by atoms with Gasteiger partial charge in [0.1, 0.15) is 0 Å². The summed E-state index contributed by atoms with van der Waals surface area (Å²) in [4.78, 5) is 10.6. The van der Waals surface area contributed by atoms with E-state index in [1.807, 2.05) is 6.26 Å². The summed E-state index contributed by atoms with van der Waals surface area (Å²) in [5, 5.41) is 0. The first-order valence-electron chi connectivity index (χ1n) is 3.01. The van der Waals surface area contributed by atoms with Gasteiger partial charge in [0.15, 0.2) is 0 Å². The molecule has 0 aromatic carbocycles. The molecule has 0 rings (SSSR count). The quantitative estimate of drug-likeness (QED) is 0.454. The number of hydrogen-bond donors (Lipinski definition) is 0. The number of carbonyl (C=O) groups excluding carboxylic acids is 1. The van der Waals surface area contributed by atoms with Crippen LogP contribution in [0.3, 0.4) is 0 Å². The van der Waals surface area contributed by atoms with Crippen molar-refractivity contribution < 1.29 is 13.9 Å². The van der Waals surface area contributed by atoms with Crippen molar-refractivity contribution in [3.63, 3.8) is 0 Å². The van der Waals surface area contributed by atoms with E-state index in [0.717, 1.165) is 0 Å². The topological polar surface area (TPSA) is 26.3 Å². The van der Waals surface area contributed by atoms with Crippen molar-refractivity contribution in [1.82, 2.24) is 0 Å². The van der Waals surface area contributed by atoms with Crippen molar-refractivity contribution in [2.75, 3.05) is 25.3 Å². The van der Waals surface area contributed by atoms with Gasteiger partial charge in [0.05, 0.1) is 19.0 Å². The van der Waals surface area contributed by atoms with Crippen LogP contribution in [-0.4, -0.2) is 31.3 Å². The number of carbonyl (C=O) groups is 1. The molecule has 0 amide bonds. The highest BCUT2D eigenvalue weighted by molar-refractivity contribution is 7.99. The Morgan fingerprint density at radius 1 is 1.70 bits per heavy atom. The van der Waals surface area contributed by atoms with Gasteiger partial charge < -0.3 is 4.74 Å². The molecule has 2 nitrogen and oxygen atoms in total. The van der Waals surface area contributed by atoms with E-state index in [2.05, 4.69) is 4.74 Å². The molecule has 4 heteroatoms. The van der Waals surface area contributed by atoms with E-state index < -0.39 is 6.67 Å². The van der Waals surface area contributed by atoms with Crippen molar-refractivity contribution >= 4 is 17.7 Å². The van der Waals surface area contributed by atoms with Crippen LogP contribution in [-0.2, 0) is 9.53 Å². The molecule has 0 atom stereocenters. The SMILES string of the molecule is CSCC(=O)OCCCF. The van der Waals surface area contributed by atoms with Crippen molar-refractivity contribution in [1.29, 1.82) is 0 Å². The third-order valence-electron chi connectivity index (χ3n) is 0.803. The smallest absolute Gasteiger partial charge is 0.315 e. The van der Waals surface area contributed by atoms with Crippen LogP contribution in [0.4, 0.5) is 4.39 Å². The molecule has 60 valence electrons. The van der Waals surface area contributed by atoms with Gasteiger partial charge in [0.25, 0.3) is 0 Å². The molecule has 0 radical (unpaired) electrons. The van der Waals surface area contributed by atoms with Gasteiger partial charge in [-0.1, -0.05) is 0 Å². The normalized spacial score (nSPS) is 9.40. The molecule has 0 heterocycles. The van der Waals surface area contributed by atoms with Crippen molar-refractivity contribution in [2.24, 2.45) is 0 Å². The minimum absolute atomic E-state index is 0.204. The van der Waals surface area contributed by atoms with E-state index >= 15 is 0 Å². The molecule has 10 heavy (non-hydrogen) atoms. The molecule has 0 spiro atoms. The van der Waals surface area contributed by atoms with Crippen molar-refractivity contribution in [3.05, 3.63) is 0 Å². The summed E-state index contributed by atoms with van der Waals surface area (Å²) in [6.45, 7) is -0.220. The first-order valence-corrected chi connectivity index (χ1v) is 4.41. The molecule has 0 aromatic heterocycles. The first-order chi connectivity index (χ1) is 4.81. The molecule has 0 N–H and O–H groups in total. The number of esters is 1. The molecule has 0 saturated carbocycles. The summed E-state index contributed by atoms with van der Waals surface area (Å²) >= 11 is 1.40. The fourth-order valence-corrected chi connectivity index (χ4v) is 0.719. The standard InChI is InChI=1S/C6H11FO2S/c1-10-5-6(8)9-4-2-3-7/h2-5H2,1H3. The molecule has 0 aliphatic rings. The molecule has 0 aliphatic carbocycles. The van der Waals surface area contributed by atoms with Crippen LogP contribution < -0.4 is 0 Å². The maximum absolute atomic E-state index is 11.4. The maximum Gasteiger partial charge on any atom is 0.315 e. The predicted molar refractivity (Wildman–Crippen MR) is 39.9 cm³/mol. The monoisotopic (exact) mass is 166 g/mol. The van der Waals surface area contributed by atoms with E-state index in [9.17, 15) is 9.18 Å². The lowest BCUT2D eigenvalue weighted by atomic mass is 10.5. The second kappa shape index (κ2) is 6.86. The molecular formula is C6H11FO2S. The second-order valence-electron chi connectivity index (χ2n) is 1.70. The zero-order valence-electron chi connectivity index (χ0n) is 5.93. The van der Waals surface area contributed by atoms with Gasteiger partial charge >= 0.3 is 5.97 Å². The van der Waals surface area contributed by atoms with Gasteiger partial charge in [-0.15, -0.1) is 0 Å². The zero-order chi connectivity index (χ0) is 7.82. The first kappa shape index (κ1) is 9.75. The summed E-state index contributed by atoms with van der Waals surface area (Å²) in [7, 11) is 0. The van der Waals surface area contributed by atoms with Gasteiger partial charge in [-0.2, -0.15) is 11.8 Å². The van der Waals surface area contributed by atoms with Crippen LogP contribution in [0.2, 0.25) is 0 Å². The highest BCUT2D eigenvalue weighted by atomic mass is 32.2. The Kier molecular flexibility index (Phi) is 6.69. The van der Waals surface area contributed by atoms with Gasteiger partial charge in [0.2, 0.25) is 0 Å². The van der Waals surface area contributed by atoms with Crippen LogP contribution in [0.1, 0.15) is 6.42 Å². The van der Waals surface area contributed by atoms with E-state index in [-0.39, 0.29) is 12.6 Å². The molecule has 0 fully saturated rings. The van der Waals surface area contributed by atoms with E-state index in [4.69, 9.17) is 0 Å². The largest absolute Gasteiger partial charge is 0.465 e. The van der Waals surface area contributed by atoms with Crippen molar-refractivity contribution in [2.45, 2.75) is 6.42 Å². The molecular weight excluding hydrogens is 155 g/mol. The number of hydrogen-bond acceptors (Lipinski definition) is 3. The maximum atomic E-state index is 11.4. The Balaban J connectivity index is 3.05. The summed E-state index contributed by atoms with van der Waals surface area (Å²) in [5.41, 5.74) is 0. The minimum Gasteiger partial charge on any atom is -0.465 e. The summed E-state index contributed by atoms with van der Waals surface area (Å²) in [6.07, 6.45) is 2.12. The lowest BCUT2D eigenvalue weighted by Crippen LogP contribution is -2.08. The molecule has 0 aliphatic heterocycles. The number of rotatable bonds is 5. The van der Waals surface area contributed by atoms with Gasteiger partial charge in [-0.3, -0.25) is 9.18 Å². The Labute approximate surface area is 64.1 Å². The average Bonchev–Trinajstić information content (AvgIpc) is 1.89. The Morgan fingerprint density at radius 2 is 2.40 bits per heavy atom. The van der Waals surface area contributed by atoms with E-state index in [0.29, 0.717) is 12.2 Å². The summed E-state index contributed by atoms with van der Waals surface area (Å²) in [6, 6.07) is 0. The predicted octanol–water partition coefficient (Wildman–Crippen LogP) is 1.25. The molecule has 0 bridgehead atoms. The third-order valence-corrected chi connectivity index (χ3v) is 1.33. The Bertz CT molecular complexity index is 97.7. The lowest BCUT2D eigenvalue weighted by molar-refractivity contribution is -0.140. The van der Waals surface area contributed by atoms with Gasteiger partial charge in [0, 0.05) is 6.42 Å². The average molecular weight is 166 g/mol. The number of ether oxygens (including phenoxy) is 1. The summed E-state index contributed by atoms with van der Waals surface area (Å²) < 4.78 is 16.1. The number of halogens is 1. The highest BCUT2D eigenvalue weighted by Crippen LogP contribution is 1.93. The lowest BCUT2D eigenvalue weighted by Gasteiger charge is -1.99. The number of thioether (sulfide) groups is 1.